The maximum Gasteiger partial charge on any atom is 0.0308 e. The second kappa shape index (κ2) is 5.50. The molecule has 0 bridgehead atoms. The molecule has 2 aliphatic heterocycles. The second-order valence-electron chi connectivity index (χ2n) is 6.14. The third-order valence-electron chi connectivity index (χ3n) is 4.72. The van der Waals surface area contributed by atoms with Gasteiger partial charge >= 0.3 is 0 Å². The molecule has 1 N–H and O–H groups in total. The summed E-state index contributed by atoms with van der Waals surface area (Å²) in [4.78, 5) is 2.77. The first-order valence-electron chi connectivity index (χ1n) is 7.45. The maximum atomic E-state index is 3.86. The van der Waals surface area contributed by atoms with Gasteiger partial charge in [-0.2, -0.15) is 11.8 Å². The Balaban J connectivity index is 1.59. The Labute approximate surface area is 110 Å². The molecule has 0 aromatic heterocycles. The molecule has 0 aromatic rings. The van der Waals surface area contributed by atoms with Gasteiger partial charge in [-0.1, -0.05) is 12.8 Å². The average Bonchev–Trinajstić information content (AvgIpc) is 2.92. The van der Waals surface area contributed by atoms with Crippen molar-refractivity contribution >= 4 is 11.8 Å². The van der Waals surface area contributed by atoms with Crippen molar-refractivity contribution < 1.29 is 0 Å². The number of nitrogens with zero attached hydrogens (tertiary/aromatic N) is 1. The normalized spacial score (nSPS) is 34.2. The van der Waals surface area contributed by atoms with Crippen molar-refractivity contribution in [3.8, 4) is 0 Å². The lowest BCUT2D eigenvalue weighted by molar-refractivity contribution is 0.210. The lowest BCUT2D eigenvalue weighted by Gasteiger charge is -2.34. The summed E-state index contributed by atoms with van der Waals surface area (Å²) in [5.74, 6) is 1.40. The van der Waals surface area contributed by atoms with Crippen LogP contribution in [0.1, 0.15) is 44.9 Å². The number of rotatable bonds is 2. The van der Waals surface area contributed by atoms with Gasteiger partial charge in [-0.25, -0.2) is 0 Å². The van der Waals surface area contributed by atoms with E-state index in [9.17, 15) is 0 Å². The van der Waals surface area contributed by atoms with E-state index < -0.39 is 0 Å². The number of hydrogen-bond acceptors (Lipinski definition) is 3. The van der Waals surface area contributed by atoms with Crippen LogP contribution in [0.2, 0.25) is 0 Å². The first-order chi connectivity index (χ1) is 8.36. The van der Waals surface area contributed by atoms with Crippen LogP contribution in [-0.4, -0.2) is 47.6 Å². The first kappa shape index (κ1) is 12.3. The largest absolute Gasteiger partial charge is 0.310 e. The molecule has 0 amide bonds. The molecular formula is C14H26N2S. The minimum absolute atomic E-state index is 0.500. The molecule has 2 saturated heterocycles. The summed E-state index contributed by atoms with van der Waals surface area (Å²) in [6.45, 7) is 5.25. The fraction of sp³-hybridized carbons (Fsp3) is 1.00. The van der Waals surface area contributed by atoms with Gasteiger partial charge in [0, 0.05) is 23.9 Å². The molecule has 3 heteroatoms. The Hall–Kier alpha value is 0.270. The van der Waals surface area contributed by atoms with Crippen molar-refractivity contribution in [1.29, 1.82) is 0 Å². The topological polar surface area (TPSA) is 15.3 Å². The van der Waals surface area contributed by atoms with Crippen LogP contribution in [0.5, 0.6) is 0 Å². The molecule has 1 spiro atoms. The van der Waals surface area contributed by atoms with Crippen molar-refractivity contribution in [2.24, 2.45) is 0 Å². The summed E-state index contributed by atoms with van der Waals surface area (Å²) in [6.07, 6.45) is 9.98. The number of hydrogen-bond donors (Lipinski definition) is 1. The summed E-state index contributed by atoms with van der Waals surface area (Å²) >= 11 is 2.21. The van der Waals surface area contributed by atoms with E-state index in [4.69, 9.17) is 0 Å². The van der Waals surface area contributed by atoms with E-state index in [0.29, 0.717) is 5.54 Å². The molecule has 0 aromatic carbocycles. The Morgan fingerprint density at radius 2 is 2.06 bits per heavy atom. The molecule has 3 aliphatic rings. The molecule has 0 radical (unpaired) electrons. The zero-order valence-corrected chi connectivity index (χ0v) is 11.7. The molecule has 1 unspecified atom stereocenters. The van der Waals surface area contributed by atoms with Gasteiger partial charge in [0.2, 0.25) is 0 Å². The third-order valence-corrected chi connectivity index (χ3v) is 6.10. The third kappa shape index (κ3) is 2.99. The molecule has 2 nitrogen and oxygen atoms in total. The van der Waals surface area contributed by atoms with E-state index >= 15 is 0 Å². The molecule has 98 valence electrons. The van der Waals surface area contributed by atoms with Gasteiger partial charge in [-0.3, -0.25) is 0 Å². The van der Waals surface area contributed by atoms with Gasteiger partial charge in [0.1, 0.15) is 0 Å². The zero-order valence-electron chi connectivity index (χ0n) is 10.9. The van der Waals surface area contributed by atoms with Gasteiger partial charge in [0.25, 0.3) is 0 Å². The summed E-state index contributed by atoms with van der Waals surface area (Å²) < 4.78 is 0. The quantitative estimate of drug-likeness (QED) is 0.815. The van der Waals surface area contributed by atoms with E-state index in [1.807, 2.05) is 0 Å². The lowest BCUT2D eigenvalue weighted by atomic mass is 9.97. The van der Waals surface area contributed by atoms with Gasteiger partial charge in [-0.15, -0.1) is 0 Å². The molecule has 1 aliphatic carbocycles. The minimum atomic E-state index is 0.500. The molecule has 1 atom stereocenters. The smallest absolute Gasteiger partial charge is 0.0308 e. The van der Waals surface area contributed by atoms with Crippen LogP contribution in [0.15, 0.2) is 0 Å². The van der Waals surface area contributed by atoms with E-state index in [1.54, 1.807) is 0 Å². The second-order valence-corrected chi connectivity index (χ2v) is 7.55. The fourth-order valence-corrected chi connectivity index (χ4v) is 5.15. The standard InChI is InChI=1S/C14H26N2S/c1-2-7-14(6-1)12-16(9-4-8-15-14)11-13-5-3-10-17-13/h13,15H,1-12H2. The van der Waals surface area contributed by atoms with E-state index in [-0.39, 0.29) is 0 Å². The predicted molar refractivity (Wildman–Crippen MR) is 75.7 cm³/mol. The zero-order chi connectivity index (χ0) is 11.6. The van der Waals surface area contributed by atoms with Gasteiger partial charge in [-0.05, 0) is 50.9 Å². The number of nitrogens with one attached hydrogen (secondary N) is 1. The Morgan fingerprint density at radius 1 is 1.18 bits per heavy atom. The SMILES string of the molecule is C1CSC(CN2CCCNC3(CCCC3)C2)C1. The average molecular weight is 254 g/mol. The van der Waals surface area contributed by atoms with Gasteiger partial charge in [0.05, 0.1) is 0 Å². The molecular weight excluding hydrogens is 228 g/mol. The summed E-state index contributed by atoms with van der Waals surface area (Å²) in [5.41, 5.74) is 0.500. The minimum Gasteiger partial charge on any atom is -0.310 e. The van der Waals surface area contributed by atoms with Crippen LogP contribution in [0.4, 0.5) is 0 Å². The van der Waals surface area contributed by atoms with Crippen LogP contribution in [0.25, 0.3) is 0 Å². The molecule has 1 saturated carbocycles. The van der Waals surface area contributed by atoms with Crippen molar-refractivity contribution in [1.82, 2.24) is 10.2 Å². The van der Waals surface area contributed by atoms with Crippen molar-refractivity contribution in [3.05, 3.63) is 0 Å². The Morgan fingerprint density at radius 3 is 2.82 bits per heavy atom. The van der Waals surface area contributed by atoms with E-state index in [0.717, 1.165) is 5.25 Å². The van der Waals surface area contributed by atoms with Crippen LogP contribution in [0.3, 0.4) is 0 Å². The van der Waals surface area contributed by atoms with Crippen LogP contribution >= 0.6 is 11.8 Å². The molecule has 2 heterocycles. The predicted octanol–water partition coefficient (Wildman–Crippen LogP) is 2.49. The fourth-order valence-electron chi connectivity index (χ4n) is 3.84. The molecule has 3 fully saturated rings. The maximum absolute atomic E-state index is 3.86. The first-order valence-corrected chi connectivity index (χ1v) is 8.50. The lowest BCUT2D eigenvalue weighted by Crippen LogP contribution is -2.50. The summed E-state index contributed by atoms with van der Waals surface area (Å²) in [6, 6.07) is 0. The Kier molecular flexibility index (Phi) is 3.98. The van der Waals surface area contributed by atoms with E-state index in [1.165, 1.54) is 76.9 Å². The highest BCUT2D eigenvalue weighted by molar-refractivity contribution is 8.00. The van der Waals surface area contributed by atoms with Gasteiger partial charge in [0.15, 0.2) is 0 Å². The van der Waals surface area contributed by atoms with Crippen LogP contribution < -0.4 is 5.32 Å². The van der Waals surface area contributed by atoms with Crippen molar-refractivity contribution in [3.63, 3.8) is 0 Å². The van der Waals surface area contributed by atoms with Crippen molar-refractivity contribution in [2.45, 2.75) is 55.7 Å². The summed E-state index contributed by atoms with van der Waals surface area (Å²) in [5, 5.41) is 4.80. The van der Waals surface area contributed by atoms with Crippen LogP contribution in [-0.2, 0) is 0 Å². The van der Waals surface area contributed by atoms with Crippen LogP contribution in [0, 0.1) is 0 Å². The monoisotopic (exact) mass is 254 g/mol. The van der Waals surface area contributed by atoms with Gasteiger partial charge < -0.3 is 10.2 Å². The molecule has 17 heavy (non-hydrogen) atoms. The highest BCUT2D eigenvalue weighted by Gasteiger charge is 2.36. The Bertz CT molecular complexity index is 245. The van der Waals surface area contributed by atoms with Crippen molar-refractivity contribution in [2.75, 3.05) is 31.9 Å². The highest BCUT2D eigenvalue weighted by atomic mass is 32.2. The highest BCUT2D eigenvalue weighted by Crippen LogP contribution is 2.33. The summed E-state index contributed by atoms with van der Waals surface area (Å²) in [7, 11) is 0. The van der Waals surface area contributed by atoms with E-state index in [2.05, 4.69) is 22.0 Å². The molecule has 3 rings (SSSR count). The number of thioether (sulfide) groups is 1.